The maximum Gasteiger partial charge on any atom is 0.335 e. The Morgan fingerprint density at radius 1 is 1.50 bits per heavy atom. The van der Waals surface area contributed by atoms with Gasteiger partial charge in [-0.05, 0) is 18.2 Å². The lowest BCUT2D eigenvalue weighted by Gasteiger charge is -2.20. The van der Waals surface area contributed by atoms with Crippen molar-refractivity contribution in [1.29, 1.82) is 5.26 Å². The molecular weight excluding hydrogens is 282 g/mol. The van der Waals surface area contributed by atoms with Gasteiger partial charge in [0.2, 0.25) is 10.0 Å². The van der Waals surface area contributed by atoms with Crippen LogP contribution in [0.5, 0.6) is 0 Å². The van der Waals surface area contributed by atoms with Crippen LogP contribution in [0.1, 0.15) is 23.7 Å². The number of carbonyl (C=O) groups is 1. The third kappa shape index (κ3) is 3.26. The molecule has 1 aromatic carbocycles. The number of nitrogens with zero attached hydrogens (tertiary/aromatic N) is 2. The van der Waals surface area contributed by atoms with E-state index in [9.17, 15) is 13.2 Å². The highest BCUT2D eigenvalue weighted by molar-refractivity contribution is 7.89. The summed E-state index contributed by atoms with van der Waals surface area (Å²) in [6, 6.07) is 5.34. The van der Waals surface area contributed by atoms with E-state index in [-0.39, 0.29) is 35.7 Å². The number of carboxylic acid groups (broad SMARTS) is 1. The van der Waals surface area contributed by atoms with Crippen molar-refractivity contribution in [1.82, 2.24) is 4.31 Å². The second kappa shape index (κ2) is 6.36. The zero-order valence-electron chi connectivity index (χ0n) is 10.9. The van der Waals surface area contributed by atoms with E-state index < -0.39 is 16.0 Å². The number of nitrogens with two attached hydrogens (primary N) is 1. The highest BCUT2D eigenvalue weighted by atomic mass is 32.2. The predicted octanol–water partition coefficient (Wildman–Crippen LogP) is 0.891. The predicted molar refractivity (Wildman–Crippen MR) is 72.5 cm³/mol. The summed E-state index contributed by atoms with van der Waals surface area (Å²) in [4.78, 5) is 10.6. The number of nitriles is 1. The maximum absolute atomic E-state index is 12.4. The van der Waals surface area contributed by atoms with Gasteiger partial charge in [0.1, 0.15) is 4.90 Å². The van der Waals surface area contributed by atoms with Crippen LogP contribution in [0.3, 0.4) is 0 Å². The van der Waals surface area contributed by atoms with Crippen molar-refractivity contribution >= 4 is 21.7 Å². The van der Waals surface area contributed by atoms with Gasteiger partial charge in [0, 0.05) is 19.5 Å². The van der Waals surface area contributed by atoms with E-state index in [4.69, 9.17) is 16.1 Å². The van der Waals surface area contributed by atoms with E-state index in [0.29, 0.717) is 0 Å². The highest BCUT2D eigenvalue weighted by Gasteiger charge is 2.25. The van der Waals surface area contributed by atoms with Crippen molar-refractivity contribution in [3.8, 4) is 6.07 Å². The summed E-state index contributed by atoms with van der Waals surface area (Å²) in [5.41, 5.74) is 5.43. The molecule has 0 saturated heterocycles. The van der Waals surface area contributed by atoms with Gasteiger partial charge in [-0.15, -0.1) is 0 Å². The monoisotopic (exact) mass is 297 g/mol. The van der Waals surface area contributed by atoms with Crippen molar-refractivity contribution in [3.05, 3.63) is 23.8 Å². The average molecular weight is 297 g/mol. The third-order valence-electron chi connectivity index (χ3n) is 2.70. The van der Waals surface area contributed by atoms with Crippen LogP contribution in [0.2, 0.25) is 0 Å². The summed E-state index contributed by atoms with van der Waals surface area (Å²) in [5, 5.41) is 17.4. The first kappa shape index (κ1) is 15.9. The Kier molecular flexibility index (Phi) is 5.07. The second-order valence-corrected chi connectivity index (χ2v) is 5.87. The zero-order valence-corrected chi connectivity index (χ0v) is 11.7. The minimum atomic E-state index is -3.83. The first-order valence-corrected chi connectivity index (χ1v) is 7.28. The third-order valence-corrected chi connectivity index (χ3v) is 4.75. The number of anilines is 1. The van der Waals surface area contributed by atoms with Crippen molar-refractivity contribution in [2.75, 3.05) is 18.8 Å². The summed E-state index contributed by atoms with van der Waals surface area (Å²) >= 11 is 0. The van der Waals surface area contributed by atoms with Crippen LogP contribution in [0.15, 0.2) is 23.1 Å². The molecule has 8 heteroatoms. The fourth-order valence-electron chi connectivity index (χ4n) is 1.68. The van der Waals surface area contributed by atoms with Crippen molar-refractivity contribution in [2.24, 2.45) is 0 Å². The van der Waals surface area contributed by atoms with E-state index in [2.05, 4.69) is 0 Å². The van der Waals surface area contributed by atoms with Gasteiger partial charge in [-0.3, -0.25) is 0 Å². The fraction of sp³-hybridized carbons (Fsp3) is 0.333. The fourth-order valence-corrected chi connectivity index (χ4v) is 3.22. The number of nitrogen functional groups attached to an aromatic ring is 1. The van der Waals surface area contributed by atoms with E-state index in [1.807, 2.05) is 6.07 Å². The molecule has 0 amide bonds. The summed E-state index contributed by atoms with van der Waals surface area (Å²) < 4.78 is 25.8. The molecule has 20 heavy (non-hydrogen) atoms. The molecule has 1 aromatic rings. The number of hydrogen-bond donors (Lipinski definition) is 2. The zero-order chi connectivity index (χ0) is 15.3. The molecule has 0 radical (unpaired) electrons. The van der Waals surface area contributed by atoms with Gasteiger partial charge < -0.3 is 10.8 Å². The molecule has 0 aliphatic carbocycles. The lowest BCUT2D eigenvalue weighted by molar-refractivity contribution is 0.0697. The first-order chi connectivity index (χ1) is 9.34. The van der Waals surface area contributed by atoms with Crippen LogP contribution in [-0.2, 0) is 10.0 Å². The second-order valence-electron chi connectivity index (χ2n) is 3.96. The molecule has 0 spiro atoms. The Labute approximate surface area is 117 Å². The minimum Gasteiger partial charge on any atom is -0.478 e. The number of sulfonamides is 1. The number of carboxylic acids is 1. The average Bonchev–Trinajstić information content (AvgIpc) is 2.38. The van der Waals surface area contributed by atoms with Crippen LogP contribution >= 0.6 is 0 Å². The SMILES string of the molecule is CCN(CCC#N)S(=O)(=O)c1ccc(C(=O)O)cc1N. The van der Waals surface area contributed by atoms with Gasteiger partial charge in [0.05, 0.1) is 17.3 Å². The molecular formula is C12H15N3O4S. The smallest absolute Gasteiger partial charge is 0.335 e. The standard InChI is InChI=1S/C12H15N3O4S/c1-2-15(7-3-6-13)20(18,19)11-5-4-9(12(16)17)8-10(11)14/h4-5,8H,2-3,7,14H2,1H3,(H,16,17). The molecule has 7 nitrogen and oxygen atoms in total. The van der Waals surface area contributed by atoms with E-state index in [0.717, 1.165) is 10.4 Å². The molecule has 0 unspecified atom stereocenters. The van der Waals surface area contributed by atoms with E-state index in [1.165, 1.54) is 12.1 Å². The summed E-state index contributed by atoms with van der Waals surface area (Å²) in [5.74, 6) is -1.18. The maximum atomic E-state index is 12.4. The van der Waals surface area contributed by atoms with Gasteiger partial charge in [0.15, 0.2) is 0 Å². The molecule has 1 rings (SSSR count). The molecule has 3 N–H and O–H groups in total. The van der Waals surface area contributed by atoms with Crippen LogP contribution in [0, 0.1) is 11.3 Å². The van der Waals surface area contributed by atoms with Crippen molar-refractivity contribution in [3.63, 3.8) is 0 Å². The molecule has 0 aromatic heterocycles. The Morgan fingerprint density at radius 2 is 2.15 bits per heavy atom. The molecule has 0 bridgehead atoms. The van der Waals surface area contributed by atoms with Crippen molar-refractivity contribution in [2.45, 2.75) is 18.2 Å². The van der Waals surface area contributed by atoms with Gasteiger partial charge >= 0.3 is 5.97 Å². The van der Waals surface area contributed by atoms with Gasteiger partial charge in [-0.1, -0.05) is 6.92 Å². The first-order valence-electron chi connectivity index (χ1n) is 5.84. The minimum absolute atomic E-state index is 0.0649. The largest absolute Gasteiger partial charge is 0.478 e. The molecule has 0 aliphatic rings. The number of aromatic carboxylic acids is 1. The van der Waals surface area contributed by atoms with E-state index in [1.54, 1.807) is 6.92 Å². The normalized spacial score (nSPS) is 11.2. The van der Waals surface area contributed by atoms with Crippen LogP contribution in [0.25, 0.3) is 0 Å². The number of rotatable bonds is 6. The topological polar surface area (TPSA) is 124 Å². The van der Waals surface area contributed by atoms with E-state index >= 15 is 0 Å². The van der Waals surface area contributed by atoms with Crippen molar-refractivity contribution < 1.29 is 18.3 Å². The summed E-state index contributed by atoms with van der Waals surface area (Å²) in [6.45, 7) is 1.91. The molecule has 0 heterocycles. The van der Waals surface area contributed by atoms with Gasteiger partial charge in [0.25, 0.3) is 0 Å². The lowest BCUT2D eigenvalue weighted by Crippen LogP contribution is -2.32. The molecule has 0 atom stereocenters. The summed E-state index contributed by atoms with van der Waals surface area (Å²) in [7, 11) is -3.83. The lowest BCUT2D eigenvalue weighted by atomic mass is 10.2. The molecule has 0 aliphatic heterocycles. The van der Waals surface area contributed by atoms with Crippen LogP contribution < -0.4 is 5.73 Å². The Bertz CT molecular complexity index is 649. The molecule has 108 valence electrons. The Morgan fingerprint density at radius 3 is 2.60 bits per heavy atom. The van der Waals surface area contributed by atoms with Gasteiger partial charge in [-0.2, -0.15) is 9.57 Å². The summed E-state index contributed by atoms with van der Waals surface area (Å²) in [6.07, 6.45) is 0.0696. The molecule has 0 fully saturated rings. The van der Waals surface area contributed by atoms with Crippen LogP contribution in [0.4, 0.5) is 5.69 Å². The van der Waals surface area contributed by atoms with Crippen LogP contribution in [-0.4, -0.2) is 36.9 Å². The Hall–Kier alpha value is -2.11. The number of benzene rings is 1. The molecule has 0 saturated carbocycles. The number of hydrogen-bond acceptors (Lipinski definition) is 5. The Balaban J connectivity index is 3.21. The highest BCUT2D eigenvalue weighted by Crippen LogP contribution is 2.23. The quantitative estimate of drug-likeness (QED) is 0.751. The van der Waals surface area contributed by atoms with Gasteiger partial charge in [-0.25, -0.2) is 13.2 Å².